The molecule has 0 aliphatic rings. The lowest BCUT2D eigenvalue weighted by Crippen LogP contribution is -2.41. The highest BCUT2D eigenvalue weighted by molar-refractivity contribution is 7.92. The quantitative estimate of drug-likeness (QED) is 0.267. The van der Waals surface area contributed by atoms with Gasteiger partial charge in [-0.3, -0.25) is 19.2 Å². The highest BCUT2D eigenvalue weighted by atomic mass is 32.2. The van der Waals surface area contributed by atoms with Crippen molar-refractivity contribution in [3.63, 3.8) is 0 Å². The van der Waals surface area contributed by atoms with Crippen LogP contribution in [0.25, 0.3) is 0 Å². The van der Waals surface area contributed by atoms with E-state index >= 15 is 0 Å². The number of rotatable bonds is 10. The minimum Gasteiger partial charge on any atom is -0.492 e. The highest BCUT2D eigenvalue weighted by Gasteiger charge is 2.28. The molecule has 0 bridgehead atoms. The Labute approximate surface area is 198 Å². The fourth-order valence-electron chi connectivity index (χ4n) is 3.15. The number of amides is 1. The molecule has 0 aliphatic carbocycles. The van der Waals surface area contributed by atoms with Crippen molar-refractivity contribution < 1.29 is 22.9 Å². The number of anilines is 1. The summed E-state index contributed by atoms with van der Waals surface area (Å²) >= 11 is 0. The average Bonchev–Trinajstić information content (AvgIpc) is 2.83. The molecule has 3 aromatic rings. The zero-order valence-corrected chi connectivity index (χ0v) is 19.6. The molecule has 0 aliphatic heterocycles. The largest absolute Gasteiger partial charge is 0.492 e. The Hall–Kier alpha value is -3.92. The van der Waals surface area contributed by atoms with Gasteiger partial charge in [-0.2, -0.15) is 0 Å². The Kier molecular flexibility index (Phi) is 7.85. The smallest absolute Gasteiger partial charge is 0.271 e. The molecule has 0 fully saturated rings. The molecule has 9 nitrogen and oxygen atoms in total. The summed E-state index contributed by atoms with van der Waals surface area (Å²) in [6.07, 6.45) is 0. The molecule has 0 atom stereocenters. The molecule has 10 heteroatoms. The van der Waals surface area contributed by atoms with Crippen molar-refractivity contribution in [1.82, 2.24) is 5.32 Å². The topological polar surface area (TPSA) is 119 Å². The minimum absolute atomic E-state index is 0.0135. The molecule has 178 valence electrons. The molecule has 0 radical (unpaired) electrons. The fraction of sp³-hybridized carbons (Fsp3) is 0.208. The lowest BCUT2D eigenvalue weighted by molar-refractivity contribution is -0.384. The number of benzene rings is 3. The monoisotopic (exact) mass is 483 g/mol. The van der Waals surface area contributed by atoms with Crippen molar-refractivity contribution in [1.29, 1.82) is 0 Å². The van der Waals surface area contributed by atoms with Crippen LogP contribution in [0.1, 0.15) is 11.1 Å². The Morgan fingerprint density at radius 2 is 1.74 bits per heavy atom. The summed E-state index contributed by atoms with van der Waals surface area (Å²) in [5.74, 6) is 0.0944. The molecule has 1 amide bonds. The van der Waals surface area contributed by atoms with E-state index in [9.17, 15) is 23.3 Å². The van der Waals surface area contributed by atoms with E-state index in [-0.39, 0.29) is 29.4 Å². The molecule has 0 heterocycles. The predicted octanol–water partition coefficient (Wildman–Crippen LogP) is 3.60. The first kappa shape index (κ1) is 24.7. The average molecular weight is 484 g/mol. The third-order valence-corrected chi connectivity index (χ3v) is 6.91. The summed E-state index contributed by atoms with van der Waals surface area (Å²) < 4.78 is 33.0. The maximum absolute atomic E-state index is 13.3. The van der Waals surface area contributed by atoms with E-state index < -0.39 is 27.4 Å². The highest BCUT2D eigenvalue weighted by Crippen LogP contribution is 2.26. The number of non-ortho nitro benzene ring substituents is 1. The molecule has 0 aromatic heterocycles. The molecule has 3 rings (SSSR count). The number of nitrogens with one attached hydrogen (secondary N) is 1. The molecule has 0 spiro atoms. The van der Waals surface area contributed by atoms with E-state index in [4.69, 9.17) is 4.74 Å². The second kappa shape index (κ2) is 10.8. The summed E-state index contributed by atoms with van der Waals surface area (Å²) in [6, 6.07) is 18.4. The van der Waals surface area contributed by atoms with Gasteiger partial charge in [0, 0.05) is 12.1 Å². The van der Waals surface area contributed by atoms with Gasteiger partial charge in [-0.05, 0) is 55.3 Å². The Morgan fingerprint density at radius 1 is 1.00 bits per heavy atom. The van der Waals surface area contributed by atoms with Crippen LogP contribution in [0.2, 0.25) is 0 Å². The van der Waals surface area contributed by atoms with Gasteiger partial charge in [-0.1, -0.05) is 30.3 Å². The van der Waals surface area contributed by atoms with Crippen molar-refractivity contribution in [3.8, 4) is 5.75 Å². The number of ether oxygens (including phenoxy) is 1. The number of nitro groups is 1. The van der Waals surface area contributed by atoms with Crippen LogP contribution in [-0.4, -0.2) is 38.9 Å². The first-order chi connectivity index (χ1) is 16.2. The lowest BCUT2D eigenvalue weighted by Gasteiger charge is -2.24. The summed E-state index contributed by atoms with van der Waals surface area (Å²) in [6.45, 7) is 3.76. The van der Waals surface area contributed by atoms with Crippen LogP contribution in [-0.2, 0) is 14.8 Å². The Balaban J connectivity index is 1.73. The van der Waals surface area contributed by atoms with Gasteiger partial charge < -0.3 is 10.1 Å². The SMILES string of the molecule is Cc1ccc(OCCNC(=O)CN(c2cccc([N+](=O)[O-])c2)S(=O)(=O)c2ccccc2)cc1C. The number of nitrogens with zero attached hydrogens (tertiary/aromatic N) is 2. The molecule has 0 unspecified atom stereocenters. The zero-order chi connectivity index (χ0) is 24.7. The number of hydrogen-bond donors (Lipinski definition) is 1. The lowest BCUT2D eigenvalue weighted by atomic mass is 10.1. The maximum Gasteiger partial charge on any atom is 0.271 e. The van der Waals surface area contributed by atoms with E-state index in [0.29, 0.717) is 5.75 Å². The first-order valence-corrected chi connectivity index (χ1v) is 11.9. The molecule has 3 aromatic carbocycles. The number of aryl methyl sites for hydroxylation is 2. The standard InChI is InChI=1S/C24H25N3O6S/c1-18-11-12-22(15-19(18)2)33-14-13-25-24(28)17-26(20-7-6-8-21(16-20)27(29)30)34(31,32)23-9-4-3-5-10-23/h3-12,15-16H,13-14,17H2,1-2H3,(H,25,28). The number of hydrogen-bond acceptors (Lipinski definition) is 6. The van der Waals surface area contributed by atoms with Crippen LogP contribution < -0.4 is 14.4 Å². The molecular formula is C24H25N3O6S. The number of carbonyl (C=O) groups is 1. The molecule has 34 heavy (non-hydrogen) atoms. The van der Waals surface area contributed by atoms with Crippen LogP contribution in [0, 0.1) is 24.0 Å². The molecule has 0 saturated carbocycles. The fourth-order valence-corrected chi connectivity index (χ4v) is 4.58. The second-order valence-electron chi connectivity index (χ2n) is 7.55. The van der Waals surface area contributed by atoms with E-state index in [1.165, 1.54) is 30.3 Å². The second-order valence-corrected chi connectivity index (χ2v) is 9.41. The zero-order valence-electron chi connectivity index (χ0n) is 18.8. The molecular weight excluding hydrogens is 458 g/mol. The minimum atomic E-state index is -4.16. The van der Waals surface area contributed by atoms with Crippen molar-refractivity contribution >= 4 is 27.3 Å². The van der Waals surface area contributed by atoms with Gasteiger partial charge in [0.2, 0.25) is 5.91 Å². The van der Waals surface area contributed by atoms with Crippen LogP contribution in [0.15, 0.2) is 77.7 Å². The third-order valence-electron chi connectivity index (χ3n) is 5.12. The summed E-state index contributed by atoms with van der Waals surface area (Å²) in [4.78, 5) is 23.2. The van der Waals surface area contributed by atoms with Gasteiger partial charge in [0.1, 0.15) is 18.9 Å². The molecule has 1 N–H and O–H groups in total. The predicted molar refractivity (Wildman–Crippen MR) is 128 cm³/mol. The van der Waals surface area contributed by atoms with E-state index in [0.717, 1.165) is 21.5 Å². The van der Waals surface area contributed by atoms with Crippen LogP contribution in [0.4, 0.5) is 11.4 Å². The molecule has 0 saturated heterocycles. The Bertz CT molecular complexity index is 1280. The van der Waals surface area contributed by atoms with Gasteiger partial charge >= 0.3 is 0 Å². The number of sulfonamides is 1. The summed E-state index contributed by atoms with van der Waals surface area (Å²) in [5, 5.41) is 13.8. The number of carbonyl (C=O) groups excluding carboxylic acids is 1. The van der Waals surface area contributed by atoms with Crippen molar-refractivity contribution in [2.45, 2.75) is 18.7 Å². The van der Waals surface area contributed by atoms with Crippen LogP contribution in [0.5, 0.6) is 5.75 Å². The summed E-state index contributed by atoms with van der Waals surface area (Å²) in [7, 11) is -4.16. The van der Waals surface area contributed by atoms with Gasteiger partial charge in [-0.15, -0.1) is 0 Å². The van der Waals surface area contributed by atoms with Crippen molar-refractivity contribution in [2.75, 3.05) is 24.0 Å². The summed E-state index contributed by atoms with van der Waals surface area (Å²) in [5.41, 5.74) is 1.95. The van der Waals surface area contributed by atoms with Crippen LogP contribution >= 0.6 is 0 Å². The number of nitro benzene ring substituents is 1. The van der Waals surface area contributed by atoms with E-state index in [1.807, 2.05) is 32.0 Å². The van der Waals surface area contributed by atoms with Gasteiger partial charge in [0.15, 0.2) is 0 Å². The van der Waals surface area contributed by atoms with E-state index in [1.54, 1.807) is 18.2 Å². The van der Waals surface area contributed by atoms with E-state index in [2.05, 4.69) is 5.32 Å². The Morgan fingerprint density at radius 3 is 2.41 bits per heavy atom. The third kappa shape index (κ3) is 6.10. The van der Waals surface area contributed by atoms with Crippen LogP contribution in [0.3, 0.4) is 0 Å². The van der Waals surface area contributed by atoms with Gasteiger partial charge in [0.05, 0.1) is 22.1 Å². The first-order valence-electron chi connectivity index (χ1n) is 10.5. The van der Waals surface area contributed by atoms with Gasteiger partial charge in [-0.25, -0.2) is 8.42 Å². The maximum atomic E-state index is 13.3. The van der Waals surface area contributed by atoms with Crippen molar-refractivity contribution in [2.24, 2.45) is 0 Å². The van der Waals surface area contributed by atoms with Gasteiger partial charge in [0.25, 0.3) is 15.7 Å². The normalized spacial score (nSPS) is 11.0. The van der Waals surface area contributed by atoms with Crippen molar-refractivity contribution in [3.05, 3.63) is 94.0 Å².